The molecule has 1 fully saturated rings. The first-order valence-electron chi connectivity index (χ1n) is 5.46. The smallest absolute Gasteiger partial charge is 0.154 e. The summed E-state index contributed by atoms with van der Waals surface area (Å²) in [5, 5.41) is 0. The van der Waals surface area contributed by atoms with Crippen LogP contribution >= 0.6 is 0 Å². The number of carbonyl (C=O) groups is 1. The first-order chi connectivity index (χ1) is 7.18. The van der Waals surface area contributed by atoms with Crippen LogP contribution < -0.4 is 0 Å². The third kappa shape index (κ3) is 2.10. The Kier molecular flexibility index (Phi) is 2.87. The van der Waals surface area contributed by atoms with Gasteiger partial charge in [-0.3, -0.25) is 9.69 Å². The second-order valence-electron chi connectivity index (χ2n) is 4.43. The number of Topliss-reactive ketones (excluding diaryl/α,β-unsaturated/α-hetero) is 1. The summed E-state index contributed by atoms with van der Waals surface area (Å²) in [6.07, 6.45) is 0.944. The van der Waals surface area contributed by atoms with Crippen molar-refractivity contribution in [3.63, 3.8) is 0 Å². The fourth-order valence-electron chi connectivity index (χ4n) is 2.17. The molecule has 0 bridgehead atoms. The monoisotopic (exact) mass is 203 g/mol. The van der Waals surface area contributed by atoms with Gasteiger partial charge in [0.05, 0.1) is 6.54 Å². The maximum absolute atomic E-state index is 11.9. The predicted octanol–water partition coefficient (Wildman–Crippen LogP) is 2.06. The average Bonchev–Trinajstić information content (AvgIpc) is 2.25. The van der Waals surface area contributed by atoms with Crippen molar-refractivity contribution in [2.45, 2.75) is 25.3 Å². The van der Waals surface area contributed by atoms with Crippen LogP contribution in [0.4, 0.5) is 0 Å². The van der Waals surface area contributed by atoms with Crippen LogP contribution in [0.15, 0.2) is 30.3 Å². The third-order valence-corrected chi connectivity index (χ3v) is 3.33. The third-order valence-electron chi connectivity index (χ3n) is 3.33. The lowest BCUT2D eigenvalue weighted by Crippen LogP contribution is -2.43. The molecule has 0 amide bonds. The predicted molar refractivity (Wildman–Crippen MR) is 60.9 cm³/mol. The van der Waals surface area contributed by atoms with Crippen molar-refractivity contribution in [3.8, 4) is 0 Å². The minimum absolute atomic E-state index is 0.109. The van der Waals surface area contributed by atoms with E-state index < -0.39 is 0 Å². The number of piperidine rings is 1. The van der Waals surface area contributed by atoms with E-state index in [1.807, 2.05) is 25.2 Å². The standard InChI is InChI=1S/C13H17NO/c1-10-8-12(13(15)9-14(10)2)11-6-4-3-5-7-11/h3-7,10,12H,8-9H2,1-2H3/t10-,12-/m1/s1. The lowest BCUT2D eigenvalue weighted by molar-refractivity contribution is -0.124. The minimum Gasteiger partial charge on any atom is -0.298 e. The molecule has 15 heavy (non-hydrogen) atoms. The molecule has 0 aromatic heterocycles. The van der Waals surface area contributed by atoms with Crippen LogP contribution in [0.25, 0.3) is 0 Å². The number of hydrogen-bond acceptors (Lipinski definition) is 2. The van der Waals surface area contributed by atoms with Crippen LogP contribution in [0.5, 0.6) is 0 Å². The molecule has 1 aromatic rings. The first kappa shape index (κ1) is 10.4. The molecular weight excluding hydrogens is 186 g/mol. The summed E-state index contributed by atoms with van der Waals surface area (Å²) in [4.78, 5) is 14.0. The zero-order valence-corrected chi connectivity index (χ0v) is 9.31. The van der Waals surface area contributed by atoms with Gasteiger partial charge in [-0.25, -0.2) is 0 Å². The zero-order chi connectivity index (χ0) is 10.8. The highest BCUT2D eigenvalue weighted by Gasteiger charge is 2.30. The summed E-state index contributed by atoms with van der Waals surface area (Å²) in [7, 11) is 2.02. The molecule has 2 nitrogen and oxygen atoms in total. The summed E-state index contributed by atoms with van der Waals surface area (Å²) >= 11 is 0. The molecule has 80 valence electrons. The van der Waals surface area contributed by atoms with Crippen LogP contribution in [0.1, 0.15) is 24.8 Å². The Morgan fingerprint density at radius 3 is 2.60 bits per heavy atom. The van der Waals surface area contributed by atoms with Gasteiger partial charge in [0.15, 0.2) is 5.78 Å². The first-order valence-corrected chi connectivity index (χ1v) is 5.46. The second kappa shape index (κ2) is 4.15. The fourth-order valence-corrected chi connectivity index (χ4v) is 2.17. The molecule has 0 spiro atoms. The molecule has 2 atom stereocenters. The van der Waals surface area contributed by atoms with Gasteiger partial charge in [0.25, 0.3) is 0 Å². The fraction of sp³-hybridized carbons (Fsp3) is 0.462. The van der Waals surface area contributed by atoms with E-state index in [0.29, 0.717) is 18.4 Å². The molecule has 0 saturated carbocycles. The SMILES string of the molecule is C[C@@H]1C[C@H](c2ccccc2)C(=O)CN1C. The van der Waals surface area contributed by atoms with Gasteiger partial charge in [-0.15, -0.1) is 0 Å². The van der Waals surface area contributed by atoms with Crippen molar-refractivity contribution in [1.29, 1.82) is 0 Å². The summed E-state index contributed by atoms with van der Waals surface area (Å²) in [5.74, 6) is 0.458. The highest BCUT2D eigenvalue weighted by Crippen LogP contribution is 2.27. The number of likely N-dealkylation sites (N-methyl/N-ethyl adjacent to an activating group) is 1. The van der Waals surface area contributed by atoms with Gasteiger partial charge < -0.3 is 0 Å². The molecule has 1 aromatic carbocycles. The summed E-state index contributed by atoms with van der Waals surface area (Å²) in [6, 6.07) is 10.6. The second-order valence-corrected chi connectivity index (χ2v) is 4.43. The molecule has 1 aliphatic heterocycles. The van der Waals surface area contributed by atoms with Crippen molar-refractivity contribution < 1.29 is 4.79 Å². The van der Waals surface area contributed by atoms with Gasteiger partial charge in [0.2, 0.25) is 0 Å². The number of benzene rings is 1. The Labute approximate surface area is 90.9 Å². The lowest BCUT2D eigenvalue weighted by Gasteiger charge is -2.34. The van der Waals surface area contributed by atoms with Crippen molar-refractivity contribution in [2.75, 3.05) is 13.6 Å². The van der Waals surface area contributed by atoms with Crippen LogP contribution in [0.3, 0.4) is 0 Å². The number of nitrogens with zero attached hydrogens (tertiary/aromatic N) is 1. The van der Waals surface area contributed by atoms with Gasteiger partial charge >= 0.3 is 0 Å². The molecule has 0 N–H and O–H groups in total. The maximum atomic E-state index is 11.9. The number of carbonyl (C=O) groups excluding carboxylic acids is 1. The molecular formula is C13H17NO. The molecule has 1 aliphatic rings. The van der Waals surface area contributed by atoms with Crippen LogP contribution in [-0.4, -0.2) is 30.3 Å². The number of likely N-dealkylation sites (tertiary alicyclic amines) is 1. The van der Waals surface area contributed by atoms with E-state index in [4.69, 9.17) is 0 Å². The Balaban J connectivity index is 2.20. The van der Waals surface area contributed by atoms with Crippen LogP contribution in [-0.2, 0) is 4.79 Å². The highest BCUT2D eigenvalue weighted by molar-refractivity contribution is 5.88. The van der Waals surface area contributed by atoms with Crippen molar-refractivity contribution in [1.82, 2.24) is 4.90 Å². The van der Waals surface area contributed by atoms with E-state index in [1.54, 1.807) is 0 Å². The summed E-state index contributed by atoms with van der Waals surface area (Å²) in [5.41, 5.74) is 1.17. The molecule has 0 aliphatic carbocycles. The van der Waals surface area contributed by atoms with E-state index in [9.17, 15) is 4.79 Å². The molecule has 0 unspecified atom stereocenters. The quantitative estimate of drug-likeness (QED) is 0.696. The zero-order valence-electron chi connectivity index (χ0n) is 9.31. The number of hydrogen-bond donors (Lipinski definition) is 0. The number of rotatable bonds is 1. The van der Waals surface area contributed by atoms with Crippen LogP contribution in [0, 0.1) is 0 Å². The van der Waals surface area contributed by atoms with E-state index in [0.717, 1.165) is 6.42 Å². The Hall–Kier alpha value is -1.15. The molecule has 1 heterocycles. The topological polar surface area (TPSA) is 20.3 Å². The maximum Gasteiger partial charge on any atom is 0.154 e. The van der Waals surface area contributed by atoms with Gasteiger partial charge in [0.1, 0.15) is 0 Å². The molecule has 1 saturated heterocycles. The Morgan fingerprint density at radius 2 is 1.93 bits per heavy atom. The van der Waals surface area contributed by atoms with Crippen molar-refractivity contribution in [2.24, 2.45) is 0 Å². The van der Waals surface area contributed by atoms with E-state index >= 15 is 0 Å². The highest BCUT2D eigenvalue weighted by atomic mass is 16.1. The van der Waals surface area contributed by atoms with E-state index in [-0.39, 0.29) is 5.92 Å². The Bertz CT molecular complexity index is 347. The molecule has 2 rings (SSSR count). The molecule has 0 radical (unpaired) electrons. The van der Waals surface area contributed by atoms with E-state index in [2.05, 4.69) is 24.0 Å². The van der Waals surface area contributed by atoms with Crippen LogP contribution in [0.2, 0.25) is 0 Å². The Morgan fingerprint density at radius 1 is 1.27 bits per heavy atom. The number of ketones is 1. The normalized spacial score (nSPS) is 28.0. The van der Waals surface area contributed by atoms with Gasteiger partial charge in [0, 0.05) is 12.0 Å². The van der Waals surface area contributed by atoms with E-state index in [1.165, 1.54) is 5.56 Å². The van der Waals surface area contributed by atoms with Gasteiger partial charge in [-0.1, -0.05) is 30.3 Å². The van der Waals surface area contributed by atoms with Crippen molar-refractivity contribution in [3.05, 3.63) is 35.9 Å². The largest absolute Gasteiger partial charge is 0.298 e. The van der Waals surface area contributed by atoms with Gasteiger partial charge in [-0.2, -0.15) is 0 Å². The lowest BCUT2D eigenvalue weighted by atomic mass is 9.85. The summed E-state index contributed by atoms with van der Waals surface area (Å²) in [6.45, 7) is 2.77. The van der Waals surface area contributed by atoms with Crippen molar-refractivity contribution >= 4 is 5.78 Å². The summed E-state index contributed by atoms with van der Waals surface area (Å²) < 4.78 is 0. The average molecular weight is 203 g/mol. The van der Waals surface area contributed by atoms with Gasteiger partial charge in [-0.05, 0) is 26.0 Å². The minimum atomic E-state index is 0.109. The molecule has 2 heteroatoms.